The lowest BCUT2D eigenvalue weighted by atomic mass is 10.1. The molecule has 3 rings (SSSR count). The Bertz CT molecular complexity index is 888. The molecule has 1 N–H and O–H groups in total. The zero-order chi connectivity index (χ0) is 19.6. The van der Waals surface area contributed by atoms with Gasteiger partial charge in [-0.25, -0.2) is 4.79 Å². The van der Waals surface area contributed by atoms with E-state index in [0.717, 1.165) is 17.0 Å². The molecule has 27 heavy (non-hydrogen) atoms. The van der Waals surface area contributed by atoms with Crippen molar-refractivity contribution in [3.8, 4) is 11.5 Å². The maximum Gasteiger partial charge on any atom is 0.407 e. The molecule has 0 atom stereocenters. The van der Waals surface area contributed by atoms with Crippen molar-refractivity contribution in [2.45, 2.75) is 19.4 Å². The molecule has 1 heterocycles. The quantitative estimate of drug-likeness (QED) is 0.753. The van der Waals surface area contributed by atoms with E-state index >= 15 is 0 Å². The Labute approximate surface area is 166 Å². The molecule has 6 nitrogen and oxygen atoms in total. The van der Waals surface area contributed by atoms with E-state index in [2.05, 4.69) is 0 Å². The van der Waals surface area contributed by atoms with Crippen LogP contribution < -0.4 is 9.64 Å². The largest absolute Gasteiger partial charge is 0.465 e. The van der Waals surface area contributed by atoms with Crippen LogP contribution in [0.2, 0.25) is 10.0 Å². The van der Waals surface area contributed by atoms with Crippen LogP contribution in [0.5, 0.6) is 11.5 Å². The van der Waals surface area contributed by atoms with Crippen molar-refractivity contribution in [2.75, 3.05) is 18.5 Å². The first-order valence-corrected chi connectivity index (χ1v) is 9.11. The highest BCUT2D eigenvalue weighted by Gasteiger charge is 2.23. The lowest BCUT2D eigenvalue weighted by Crippen LogP contribution is -2.26. The number of halogens is 2. The molecule has 1 fully saturated rings. The number of anilines is 1. The zero-order valence-corrected chi connectivity index (χ0v) is 16.1. The second kappa shape index (κ2) is 8.06. The van der Waals surface area contributed by atoms with Crippen LogP contribution in [0.3, 0.4) is 0 Å². The highest BCUT2D eigenvalue weighted by Crippen LogP contribution is 2.34. The van der Waals surface area contributed by atoms with Gasteiger partial charge in [0.1, 0.15) is 11.5 Å². The van der Waals surface area contributed by atoms with E-state index in [1.807, 2.05) is 0 Å². The first-order valence-electron chi connectivity index (χ1n) is 8.35. The molecule has 0 saturated carbocycles. The van der Waals surface area contributed by atoms with Crippen molar-refractivity contribution in [1.82, 2.24) is 4.90 Å². The maximum absolute atomic E-state index is 12.0. The van der Waals surface area contributed by atoms with Gasteiger partial charge in [-0.3, -0.25) is 4.79 Å². The fourth-order valence-corrected chi connectivity index (χ4v) is 3.16. The summed E-state index contributed by atoms with van der Waals surface area (Å²) in [5.41, 5.74) is 1.37. The number of hydrogen-bond donors (Lipinski definition) is 1. The van der Waals surface area contributed by atoms with Crippen molar-refractivity contribution >= 4 is 40.9 Å². The van der Waals surface area contributed by atoms with E-state index in [4.69, 9.17) is 27.9 Å². The van der Waals surface area contributed by atoms with E-state index in [1.54, 1.807) is 41.3 Å². The molecule has 2 aromatic rings. The van der Waals surface area contributed by atoms with Crippen LogP contribution in [0.1, 0.15) is 18.4 Å². The Hall–Kier alpha value is -2.44. The van der Waals surface area contributed by atoms with Gasteiger partial charge < -0.3 is 19.6 Å². The van der Waals surface area contributed by atoms with Gasteiger partial charge in [-0.15, -0.1) is 0 Å². The van der Waals surface area contributed by atoms with Crippen LogP contribution >= 0.6 is 23.2 Å². The molecule has 0 aliphatic carbocycles. The second-order valence-corrected chi connectivity index (χ2v) is 7.07. The van der Waals surface area contributed by atoms with Crippen molar-refractivity contribution in [2.24, 2.45) is 0 Å². The third-order valence-corrected chi connectivity index (χ3v) is 5.02. The molecule has 1 aliphatic rings. The lowest BCUT2D eigenvalue weighted by Gasteiger charge is -2.21. The highest BCUT2D eigenvalue weighted by atomic mass is 35.5. The first kappa shape index (κ1) is 19.3. The van der Waals surface area contributed by atoms with E-state index in [9.17, 15) is 14.7 Å². The van der Waals surface area contributed by atoms with Crippen molar-refractivity contribution in [3.05, 3.63) is 52.0 Å². The van der Waals surface area contributed by atoms with E-state index in [1.165, 1.54) is 7.05 Å². The molecule has 2 aromatic carbocycles. The molecule has 1 saturated heterocycles. The Kier molecular flexibility index (Phi) is 5.77. The highest BCUT2D eigenvalue weighted by molar-refractivity contribution is 6.42. The smallest absolute Gasteiger partial charge is 0.407 e. The van der Waals surface area contributed by atoms with Gasteiger partial charge in [0.05, 0.1) is 16.6 Å². The van der Waals surface area contributed by atoms with Crippen LogP contribution in [0, 0.1) is 0 Å². The number of benzene rings is 2. The van der Waals surface area contributed by atoms with Gasteiger partial charge in [0.15, 0.2) is 0 Å². The number of carbonyl (C=O) groups is 2. The van der Waals surface area contributed by atoms with Gasteiger partial charge in [-0.05, 0) is 36.8 Å². The lowest BCUT2D eigenvalue weighted by molar-refractivity contribution is -0.117. The summed E-state index contributed by atoms with van der Waals surface area (Å²) in [5.74, 6) is 1.02. The van der Waals surface area contributed by atoms with Crippen LogP contribution in [-0.4, -0.2) is 35.6 Å². The van der Waals surface area contributed by atoms with Crippen LogP contribution in [0.4, 0.5) is 10.5 Å². The predicted octanol–water partition coefficient (Wildman–Crippen LogP) is 5.02. The average molecular weight is 409 g/mol. The number of amides is 2. The summed E-state index contributed by atoms with van der Waals surface area (Å²) in [4.78, 5) is 26.1. The average Bonchev–Trinajstić information content (AvgIpc) is 3.05. The summed E-state index contributed by atoms with van der Waals surface area (Å²) in [6.45, 7) is 0.766. The minimum atomic E-state index is -1.06. The van der Waals surface area contributed by atoms with Gasteiger partial charge >= 0.3 is 6.09 Å². The number of rotatable bonds is 5. The molecule has 142 valence electrons. The first-order chi connectivity index (χ1) is 12.8. The second-order valence-electron chi connectivity index (χ2n) is 6.26. The Morgan fingerprint density at radius 1 is 1.22 bits per heavy atom. The number of carbonyl (C=O) groups excluding carboxylic acids is 1. The predicted molar refractivity (Wildman–Crippen MR) is 104 cm³/mol. The molecule has 0 aromatic heterocycles. The number of ether oxygens (including phenoxy) is 1. The number of nitrogens with zero attached hydrogens (tertiary/aromatic N) is 2. The van der Waals surface area contributed by atoms with E-state index in [0.29, 0.717) is 40.1 Å². The molecular weight excluding hydrogens is 391 g/mol. The number of carboxylic acid groups (broad SMARTS) is 1. The Morgan fingerprint density at radius 3 is 2.63 bits per heavy atom. The maximum atomic E-state index is 12.0. The fourth-order valence-electron chi connectivity index (χ4n) is 2.87. The standard InChI is InChI=1S/C19H18Cl2N2O4/c1-22(19(25)26)11-12-9-13(23-8-2-3-18(23)24)4-7-17(12)27-14-5-6-15(20)16(21)10-14/h4-7,9-10H,2-3,8,11H2,1H3,(H,25,26). The van der Waals surface area contributed by atoms with Gasteiger partial charge in [0.2, 0.25) is 5.91 Å². The van der Waals surface area contributed by atoms with Crippen LogP contribution in [0.15, 0.2) is 36.4 Å². The summed E-state index contributed by atoms with van der Waals surface area (Å²) in [7, 11) is 1.47. The van der Waals surface area contributed by atoms with Crippen molar-refractivity contribution in [1.29, 1.82) is 0 Å². The zero-order valence-electron chi connectivity index (χ0n) is 14.6. The molecule has 0 spiro atoms. The summed E-state index contributed by atoms with van der Waals surface area (Å²) < 4.78 is 5.90. The summed E-state index contributed by atoms with van der Waals surface area (Å²) in [6, 6.07) is 10.2. The van der Waals surface area contributed by atoms with Gasteiger partial charge in [0.25, 0.3) is 0 Å². The minimum Gasteiger partial charge on any atom is -0.465 e. The molecule has 0 unspecified atom stereocenters. The molecular formula is C19H18Cl2N2O4. The van der Waals surface area contributed by atoms with Crippen LogP contribution in [-0.2, 0) is 11.3 Å². The molecule has 2 amide bonds. The summed E-state index contributed by atoms with van der Waals surface area (Å²) in [6.07, 6.45) is 0.273. The minimum absolute atomic E-state index is 0.0608. The Morgan fingerprint density at radius 2 is 2.00 bits per heavy atom. The van der Waals surface area contributed by atoms with Gasteiger partial charge in [-0.2, -0.15) is 0 Å². The third-order valence-electron chi connectivity index (χ3n) is 4.28. The molecule has 8 heteroatoms. The normalized spacial score (nSPS) is 13.7. The molecule has 0 bridgehead atoms. The summed E-state index contributed by atoms with van der Waals surface area (Å²) in [5, 5.41) is 9.98. The van der Waals surface area contributed by atoms with Crippen LogP contribution in [0.25, 0.3) is 0 Å². The Balaban J connectivity index is 1.94. The topological polar surface area (TPSA) is 70.1 Å². The SMILES string of the molecule is CN(Cc1cc(N2CCCC2=O)ccc1Oc1ccc(Cl)c(Cl)c1)C(=O)O. The third kappa shape index (κ3) is 4.46. The van der Waals surface area contributed by atoms with E-state index < -0.39 is 6.09 Å². The number of hydrogen-bond acceptors (Lipinski definition) is 3. The monoisotopic (exact) mass is 408 g/mol. The summed E-state index contributed by atoms with van der Waals surface area (Å²) >= 11 is 12.0. The fraction of sp³-hybridized carbons (Fsp3) is 0.263. The van der Waals surface area contributed by atoms with Gasteiger partial charge in [0, 0.05) is 37.3 Å². The molecule has 1 aliphatic heterocycles. The van der Waals surface area contributed by atoms with Gasteiger partial charge in [-0.1, -0.05) is 23.2 Å². The van der Waals surface area contributed by atoms with Crippen molar-refractivity contribution < 1.29 is 19.4 Å². The van der Waals surface area contributed by atoms with Crippen molar-refractivity contribution in [3.63, 3.8) is 0 Å². The molecule has 0 radical (unpaired) electrons. The van der Waals surface area contributed by atoms with E-state index in [-0.39, 0.29) is 12.5 Å².